The molecule has 1 spiro atoms. The summed E-state index contributed by atoms with van der Waals surface area (Å²) < 4.78 is 6.45. The highest BCUT2D eigenvalue weighted by Gasteiger charge is 2.45. The van der Waals surface area contributed by atoms with E-state index in [9.17, 15) is 4.79 Å². The third-order valence-electron chi connectivity index (χ3n) is 5.99. The number of nitrogens with zero attached hydrogens (tertiary/aromatic N) is 2. The van der Waals surface area contributed by atoms with E-state index in [0.29, 0.717) is 0 Å². The van der Waals surface area contributed by atoms with Gasteiger partial charge in [0, 0.05) is 32.7 Å². The summed E-state index contributed by atoms with van der Waals surface area (Å²) in [5.74, 6) is 0.207. The zero-order chi connectivity index (χ0) is 18.4. The molecule has 1 atom stereocenters. The Balaban J connectivity index is 1.55. The maximum atomic E-state index is 12.6. The van der Waals surface area contributed by atoms with E-state index in [1.54, 1.807) is 0 Å². The Morgan fingerprint density at radius 2 is 1.88 bits per heavy atom. The average Bonchev–Trinajstić information content (AvgIpc) is 2.69. The second kappa shape index (κ2) is 9.01. The van der Waals surface area contributed by atoms with E-state index in [1.807, 2.05) is 4.90 Å². The summed E-state index contributed by atoms with van der Waals surface area (Å²) in [5.41, 5.74) is 1.29. The second-order valence-electron chi connectivity index (χ2n) is 7.86. The van der Waals surface area contributed by atoms with Gasteiger partial charge in [-0.3, -0.25) is 4.79 Å². The molecular weight excluding hydrogens is 324 g/mol. The number of carbonyl (C=O) groups excluding carboxylic acids is 1. The topological polar surface area (TPSA) is 32.8 Å². The number of hydrogen-bond acceptors (Lipinski definition) is 3. The predicted molar refractivity (Wildman–Crippen MR) is 105 cm³/mol. The van der Waals surface area contributed by atoms with E-state index in [4.69, 9.17) is 4.74 Å². The number of likely N-dealkylation sites (N-methyl/N-ethyl adjacent to an activating group) is 1. The van der Waals surface area contributed by atoms with E-state index in [-0.39, 0.29) is 17.6 Å². The number of carbonyl (C=O) groups is 1. The van der Waals surface area contributed by atoms with Gasteiger partial charge in [-0.1, -0.05) is 50.1 Å². The minimum atomic E-state index is -0.223. The van der Waals surface area contributed by atoms with Gasteiger partial charge in [-0.15, -0.1) is 0 Å². The van der Waals surface area contributed by atoms with Gasteiger partial charge in [0.15, 0.2) is 0 Å². The normalized spacial score (nSPS) is 23.5. The number of likely N-dealkylation sites (tertiary alicyclic amines) is 1. The number of rotatable bonds is 7. The quantitative estimate of drug-likeness (QED) is 0.748. The van der Waals surface area contributed by atoms with Gasteiger partial charge < -0.3 is 14.5 Å². The standard InChI is InChI=1S/C22H34N2O2/c1-3-5-11-20-21(25)24(4-2)18-22(26-20)13-16-23(17-14-22)15-12-19-9-7-6-8-10-19/h6-10,20H,3-5,11-18H2,1-2H3. The van der Waals surface area contributed by atoms with E-state index in [1.165, 1.54) is 5.56 Å². The molecule has 0 bridgehead atoms. The van der Waals surface area contributed by atoms with Crippen LogP contribution in [0.15, 0.2) is 30.3 Å². The number of unbranched alkanes of at least 4 members (excludes halogenated alkanes) is 1. The minimum Gasteiger partial charge on any atom is -0.360 e. The predicted octanol–water partition coefficient (Wildman–Crippen LogP) is 3.50. The third-order valence-corrected chi connectivity index (χ3v) is 5.99. The molecule has 0 N–H and O–H groups in total. The third kappa shape index (κ3) is 4.66. The Labute approximate surface area is 158 Å². The van der Waals surface area contributed by atoms with Crippen LogP contribution in [0, 0.1) is 0 Å². The van der Waals surface area contributed by atoms with Gasteiger partial charge >= 0.3 is 0 Å². The number of amides is 1. The first kappa shape index (κ1) is 19.4. The summed E-state index contributed by atoms with van der Waals surface area (Å²) in [6.07, 6.45) is 5.99. The van der Waals surface area contributed by atoms with Crippen molar-refractivity contribution in [2.75, 3.05) is 32.7 Å². The fourth-order valence-corrected chi connectivity index (χ4v) is 4.25. The van der Waals surface area contributed by atoms with Crippen LogP contribution in [-0.4, -0.2) is 60.1 Å². The van der Waals surface area contributed by atoms with Crippen LogP contribution in [0.5, 0.6) is 0 Å². The summed E-state index contributed by atoms with van der Waals surface area (Å²) in [7, 11) is 0. The van der Waals surface area contributed by atoms with Crippen LogP contribution < -0.4 is 0 Å². The van der Waals surface area contributed by atoms with E-state index in [0.717, 1.165) is 71.2 Å². The van der Waals surface area contributed by atoms with Crippen molar-refractivity contribution in [1.29, 1.82) is 0 Å². The Bertz CT molecular complexity index is 567. The molecule has 1 unspecified atom stereocenters. The maximum absolute atomic E-state index is 12.6. The molecule has 0 aromatic heterocycles. The van der Waals surface area contributed by atoms with Crippen LogP contribution in [0.2, 0.25) is 0 Å². The number of benzene rings is 1. The molecule has 144 valence electrons. The van der Waals surface area contributed by atoms with Gasteiger partial charge in [-0.05, 0) is 38.2 Å². The molecule has 3 rings (SSSR count). The number of piperidine rings is 1. The van der Waals surface area contributed by atoms with Gasteiger partial charge in [-0.2, -0.15) is 0 Å². The lowest BCUT2D eigenvalue weighted by molar-refractivity contribution is -0.193. The van der Waals surface area contributed by atoms with Gasteiger partial charge in [0.25, 0.3) is 5.91 Å². The van der Waals surface area contributed by atoms with Crippen molar-refractivity contribution in [3.05, 3.63) is 35.9 Å². The van der Waals surface area contributed by atoms with E-state index >= 15 is 0 Å². The van der Waals surface area contributed by atoms with Crippen LogP contribution in [0.3, 0.4) is 0 Å². The monoisotopic (exact) mass is 358 g/mol. The van der Waals surface area contributed by atoms with Crippen LogP contribution in [0.1, 0.15) is 51.5 Å². The van der Waals surface area contributed by atoms with Crippen LogP contribution in [-0.2, 0) is 16.0 Å². The summed E-state index contributed by atoms with van der Waals surface area (Å²) in [5, 5.41) is 0. The Hall–Kier alpha value is -1.39. The van der Waals surface area contributed by atoms with Gasteiger partial charge in [0.1, 0.15) is 6.10 Å². The molecule has 2 heterocycles. The minimum absolute atomic E-state index is 0.119. The molecule has 2 aliphatic rings. The average molecular weight is 359 g/mol. The maximum Gasteiger partial charge on any atom is 0.251 e. The number of morpholine rings is 1. The first-order valence-electron chi connectivity index (χ1n) is 10.4. The largest absolute Gasteiger partial charge is 0.360 e. The molecule has 0 radical (unpaired) electrons. The molecule has 0 saturated carbocycles. The zero-order valence-electron chi connectivity index (χ0n) is 16.5. The molecule has 4 heteroatoms. The Kier molecular flexibility index (Phi) is 6.71. The Morgan fingerprint density at radius 3 is 2.54 bits per heavy atom. The number of hydrogen-bond donors (Lipinski definition) is 0. The van der Waals surface area contributed by atoms with Crippen molar-refractivity contribution in [3.8, 4) is 0 Å². The Morgan fingerprint density at radius 1 is 1.15 bits per heavy atom. The van der Waals surface area contributed by atoms with Crippen LogP contribution in [0.4, 0.5) is 0 Å². The summed E-state index contributed by atoms with van der Waals surface area (Å²) in [6, 6.07) is 10.7. The molecule has 2 aliphatic heterocycles. The number of ether oxygens (including phenoxy) is 1. The fraction of sp³-hybridized carbons (Fsp3) is 0.682. The highest BCUT2D eigenvalue weighted by atomic mass is 16.5. The highest BCUT2D eigenvalue weighted by Crippen LogP contribution is 2.34. The van der Waals surface area contributed by atoms with Crippen molar-refractivity contribution < 1.29 is 9.53 Å². The molecule has 2 fully saturated rings. The zero-order valence-corrected chi connectivity index (χ0v) is 16.5. The van der Waals surface area contributed by atoms with E-state index < -0.39 is 0 Å². The molecule has 1 aromatic rings. The molecule has 0 aliphatic carbocycles. The smallest absolute Gasteiger partial charge is 0.251 e. The first-order valence-corrected chi connectivity index (χ1v) is 10.4. The molecule has 1 aromatic carbocycles. The van der Waals surface area contributed by atoms with E-state index in [2.05, 4.69) is 49.1 Å². The molecular formula is C22H34N2O2. The second-order valence-corrected chi connectivity index (χ2v) is 7.86. The van der Waals surface area contributed by atoms with Crippen LogP contribution in [0.25, 0.3) is 0 Å². The van der Waals surface area contributed by atoms with Crippen molar-refractivity contribution in [1.82, 2.24) is 9.80 Å². The highest BCUT2D eigenvalue weighted by molar-refractivity contribution is 5.81. The molecule has 26 heavy (non-hydrogen) atoms. The SMILES string of the molecule is CCCCC1OC2(CCN(CCc3ccccc3)CC2)CN(CC)C1=O. The molecule has 2 saturated heterocycles. The van der Waals surface area contributed by atoms with Crippen molar-refractivity contribution in [2.45, 2.75) is 64.1 Å². The lowest BCUT2D eigenvalue weighted by Gasteiger charge is -2.49. The van der Waals surface area contributed by atoms with Gasteiger partial charge in [-0.25, -0.2) is 0 Å². The fourth-order valence-electron chi connectivity index (χ4n) is 4.25. The van der Waals surface area contributed by atoms with Gasteiger partial charge in [0.05, 0.1) is 5.60 Å². The van der Waals surface area contributed by atoms with Gasteiger partial charge in [0.2, 0.25) is 0 Å². The molecule has 1 amide bonds. The summed E-state index contributed by atoms with van der Waals surface area (Å²) in [6.45, 7) is 9.07. The van der Waals surface area contributed by atoms with Crippen molar-refractivity contribution >= 4 is 5.91 Å². The lowest BCUT2D eigenvalue weighted by atomic mass is 9.87. The first-order chi connectivity index (χ1) is 12.7. The lowest BCUT2D eigenvalue weighted by Crippen LogP contribution is -2.61. The summed E-state index contributed by atoms with van der Waals surface area (Å²) in [4.78, 5) is 17.2. The summed E-state index contributed by atoms with van der Waals surface area (Å²) >= 11 is 0. The molecule has 4 nitrogen and oxygen atoms in total. The van der Waals surface area contributed by atoms with Crippen molar-refractivity contribution in [2.24, 2.45) is 0 Å². The van der Waals surface area contributed by atoms with Crippen LogP contribution >= 0.6 is 0 Å². The van der Waals surface area contributed by atoms with Crippen molar-refractivity contribution in [3.63, 3.8) is 0 Å².